The van der Waals surface area contributed by atoms with Crippen LogP contribution >= 0.6 is 0 Å². The van der Waals surface area contributed by atoms with Crippen molar-refractivity contribution in [3.63, 3.8) is 0 Å². The Hall–Kier alpha value is -1.64. The molecule has 1 aromatic carbocycles. The fraction of sp³-hybridized carbons (Fsp3) is 0.467. The van der Waals surface area contributed by atoms with Crippen LogP contribution in [0.5, 0.6) is 0 Å². The summed E-state index contributed by atoms with van der Waals surface area (Å²) in [4.78, 5) is 11.8. The molecule has 0 unspecified atom stereocenters. The van der Waals surface area contributed by atoms with Gasteiger partial charge in [-0.15, -0.1) is 0 Å². The molecule has 0 aromatic heterocycles. The quantitative estimate of drug-likeness (QED) is 0.802. The molecule has 1 amide bonds. The molecule has 1 heterocycles. The third-order valence-corrected chi connectivity index (χ3v) is 3.80. The van der Waals surface area contributed by atoms with E-state index in [0.717, 1.165) is 31.4 Å². The van der Waals surface area contributed by atoms with Gasteiger partial charge in [-0.1, -0.05) is 30.3 Å². The summed E-state index contributed by atoms with van der Waals surface area (Å²) in [6, 6.07) is 10.7. The minimum absolute atomic E-state index is 0.205. The molecule has 3 nitrogen and oxygen atoms in total. The van der Waals surface area contributed by atoms with Gasteiger partial charge >= 0.3 is 0 Å². The second-order valence-electron chi connectivity index (χ2n) is 5.15. The van der Waals surface area contributed by atoms with Crippen molar-refractivity contribution in [2.24, 2.45) is 5.10 Å². The van der Waals surface area contributed by atoms with E-state index in [2.05, 4.69) is 17.2 Å². The molecular formula is C15H18N2O. The lowest BCUT2D eigenvalue weighted by atomic mass is 9.91. The van der Waals surface area contributed by atoms with Gasteiger partial charge in [-0.3, -0.25) is 4.79 Å². The Labute approximate surface area is 107 Å². The summed E-state index contributed by atoms with van der Waals surface area (Å²) < 4.78 is 0. The van der Waals surface area contributed by atoms with Crippen LogP contribution in [0.3, 0.4) is 0 Å². The van der Waals surface area contributed by atoms with E-state index in [4.69, 9.17) is 0 Å². The molecule has 1 aliphatic heterocycles. The normalized spacial score (nSPS) is 20.6. The highest BCUT2D eigenvalue weighted by atomic mass is 16.2. The van der Waals surface area contributed by atoms with Crippen molar-refractivity contribution in [1.29, 1.82) is 0 Å². The SMILES string of the molecule is O=C1CCC(Cc2ccccc2)=NN1C1CCC1. The smallest absolute Gasteiger partial charge is 0.243 e. The van der Waals surface area contributed by atoms with E-state index in [1.165, 1.54) is 12.0 Å². The molecule has 1 aromatic rings. The molecule has 1 aliphatic carbocycles. The molecule has 1 saturated carbocycles. The predicted molar refractivity (Wildman–Crippen MR) is 71.3 cm³/mol. The van der Waals surface area contributed by atoms with Gasteiger partial charge in [0, 0.05) is 18.6 Å². The van der Waals surface area contributed by atoms with Crippen LogP contribution in [-0.4, -0.2) is 22.7 Å². The first kappa shape index (κ1) is 11.5. The maximum Gasteiger partial charge on any atom is 0.243 e. The van der Waals surface area contributed by atoms with Crippen molar-refractivity contribution in [3.8, 4) is 0 Å². The second-order valence-corrected chi connectivity index (χ2v) is 5.15. The lowest BCUT2D eigenvalue weighted by Gasteiger charge is -2.36. The largest absolute Gasteiger partial charge is 0.273 e. The molecule has 0 saturated heterocycles. The Balaban J connectivity index is 1.73. The van der Waals surface area contributed by atoms with Gasteiger partial charge in [0.1, 0.15) is 0 Å². The molecular weight excluding hydrogens is 224 g/mol. The second kappa shape index (κ2) is 4.92. The summed E-state index contributed by atoms with van der Waals surface area (Å²) in [5.74, 6) is 0.205. The monoisotopic (exact) mass is 242 g/mol. The van der Waals surface area contributed by atoms with Crippen molar-refractivity contribution < 1.29 is 4.79 Å². The first-order valence-electron chi connectivity index (χ1n) is 6.75. The standard InChI is InChI=1S/C15H18N2O/c18-15-10-9-13(11-12-5-2-1-3-6-12)16-17(15)14-7-4-8-14/h1-3,5-6,14H,4,7-11H2. The summed E-state index contributed by atoms with van der Waals surface area (Å²) in [6.45, 7) is 0. The topological polar surface area (TPSA) is 32.7 Å². The summed E-state index contributed by atoms with van der Waals surface area (Å²) >= 11 is 0. The molecule has 1 fully saturated rings. The fourth-order valence-corrected chi connectivity index (χ4v) is 2.50. The van der Waals surface area contributed by atoms with E-state index in [1.54, 1.807) is 5.01 Å². The predicted octanol–water partition coefficient (Wildman–Crippen LogP) is 2.76. The molecule has 2 aliphatic rings. The van der Waals surface area contributed by atoms with Gasteiger partial charge in [0.15, 0.2) is 0 Å². The van der Waals surface area contributed by atoms with E-state index < -0.39 is 0 Å². The lowest BCUT2D eigenvalue weighted by molar-refractivity contribution is -0.135. The van der Waals surface area contributed by atoms with Crippen molar-refractivity contribution >= 4 is 11.6 Å². The van der Waals surface area contributed by atoms with Crippen LogP contribution < -0.4 is 0 Å². The number of hydrazone groups is 1. The Bertz CT molecular complexity index is 463. The maximum atomic E-state index is 11.8. The maximum absolute atomic E-state index is 11.8. The van der Waals surface area contributed by atoms with E-state index in [9.17, 15) is 4.79 Å². The Morgan fingerprint density at radius 1 is 1.17 bits per heavy atom. The fourth-order valence-electron chi connectivity index (χ4n) is 2.50. The van der Waals surface area contributed by atoms with Crippen molar-refractivity contribution in [2.45, 2.75) is 44.6 Å². The molecule has 0 radical (unpaired) electrons. The number of carbonyl (C=O) groups excluding carboxylic acids is 1. The average Bonchev–Trinajstić information content (AvgIpc) is 2.33. The Morgan fingerprint density at radius 3 is 2.61 bits per heavy atom. The van der Waals surface area contributed by atoms with Crippen LogP contribution in [0, 0.1) is 0 Å². The lowest BCUT2D eigenvalue weighted by Crippen LogP contribution is -2.43. The third kappa shape index (κ3) is 2.30. The molecule has 94 valence electrons. The molecule has 3 heteroatoms. The summed E-state index contributed by atoms with van der Waals surface area (Å²) in [7, 11) is 0. The van der Waals surface area contributed by atoms with Crippen LogP contribution in [0.1, 0.15) is 37.7 Å². The highest BCUT2D eigenvalue weighted by Crippen LogP contribution is 2.28. The van der Waals surface area contributed by atoms with Crippen LogP contribution in [0.2, 0.25) is 0 Å². The molecule has 0 bridgehead atoms. The van der Waals surface area contributed by atoms with Crippen molar-refractivity contribution in [2.75, 3.05) is 0 Å². The van der Waals surface area contributed by atoms with Crippen molar-refractivity contribution in [3.05, 3.63) is 35.9 Å². The molecule has 0 spiro atoms. The van der Waals surface area contributed by atoms with Crippen LogP contribution in [0.15, 0.2) is 35.4 Å². The number of amides is 1. The van der Waals surface area contributed by atoms with Gasteiger partial charge in [-0.25, -0.2) is 5.01 Å². The third-order valence-electron chi connectivity index (χ3n) is 3.80. The zero-order chi connectivity index (χ0) is 12.4. The van der Waals surface area contributed by atoms with Crippen LogP contribution in [-0.2, 0) is 11.2 Å². The zero-order valence-corrected chi connectivity index (χ0v) is 10.5. The first-order chi connectivity index (χ1) is 8.83. The number of carbonyl (C=O) groups is 1. The van der Waals surface area contributed by atoms with Gasteiger partial charge in [0.25, 0.3) is 0 Å². The summed E-state index contributed by atoms with van der Waals surface area (Å²) in [5, 5.41) is 6.34. The first-order valence-corrected chi connectivity index (χ1v) is 6.75. The highest BCUT2D eigenvalue weighted by molar-refractivity contribution is 5.93. The van der Waals surface area contributed by atoms with Gasteiger partial charge in [0.05, 0.1) is 6.04 Å². The minimum Gasteiger partial charge on any atom is -0.273 e. The Kier molecular flexibility index (Phi) is 3.13. The number of hydrogen-bond donors (Lipinski definition) is 0. The molecule has 18 heavy (non-hydrogen) atoms. The summed E-state index contributed by atoms with van der Waals surface area (Å²) in [5.41, 5.74) is 2.42. The van der Waals surface area contributed by atoms with E-state index in [1.807, 2.05) is 18.2 Å². The molecule has 0 atom stereocenters. The number of rotatable bonds is 3. The Morgan fingerprint density at radius 2 is 1.94 bits per heavy atom. The average molecular weight is 242 g/mol. The zero-order valence-electron chi connectivity index (χ0n) is 10.5. The molecule has 0 N–H and O–H groups in total. The van der Waals surface area contributed by atoms with E-state index in [-0.39, 0.29) is 5.91 Å². The van der Waals surface area contributed by atoms with Gasteiger partial charge in [-0.05, 0) is 31.2 Å². The van der Waals surface area contributed by atoms with Gasteiger partial charge in [0.2, 0.25) is 5.91 Å². The van der Waals surface area contributed by atoms with Gasteiger partial charge < -0.3 is 0 Å². The number of benzene rings is 1. The van der Waals surface area contributed by atoms with Gasteiger partial charge in [-0.2, -0.15) is 5.10 Å². The molecule has 3 rings (SSSR count). The number of hydrogen-bond acceptors (Lipinski definition) is 2. The van der Waals surface area contributed by atoms with Crippen LogP contribution in [0.25, 0.3) is 0 Å². The van der Waals surface area contributed by atoms with Crippen LogP contribution in [0.4, 0.5) is 0 Å². The van der Waals surface area contributed by atoms with E-state index in [0.29, 0.717) is 12.5 Å². The number of nitrogens with zero attached hydrogens (tertiary/aromatic N) is 2. The van der Waals surface area contributed by atoms with E-state index >= 15 is 0 Å². The highest BCUT2D eigenvalue weighted by Gasteiger charge is 2.31. The minimum atomic E-state index is 0.205. The summed E-state index contributed by atoms with van der Waals surface area (Å²) in [6.07, 6.45) is 5.79. The van der Waals surface area contributed by atoms with Crippen molar-refractivity contribution in [1.82, 2.24) is 5.01 Å².